The molecular weight excluding hydrogens is 323 g/mol. The number of hydrogen-bond donors (Lipinski definition) is 0. The van der Waals surface area contributed by atoms with E-state index in [9.17, 15) is 22.8 Å². The van der Waals surface area contributed by atoms with E-state index in [1.165, 1.54) is 24.4 Å². The van der Waals surface area contributed by atoms with Crippen LogP contribution < -0.4 is 5.43 Å². The number of rotatable bonds is 4. The van der Waals surface area contributed by atoms with Gasteiger partial charge >= 0.3 is 6.18 Å². The van der Waals surface area contributed by atoms with E-state index in [2.05, 4.69) is 5.10 Å². The van der Waals surface area contributed by atoms with Crippen molar-refractivity contribution in [3.63, 3.8) is 0 Å². The van der Waals surface area contributed by atoms with Crippen molar-refractivity contribution in [1.82, 2.24) is 14.7 Å². The lowest BCUT2D eigenvalue weighted by atomic mass is 10.1. The molecule has 0 unspecified atom stereocenters. The molecule has 0 N–H and O–H groups in total. The maximum atomic E-state index is 13.1. The highest BCUT2D eigenvalue weighted by molar-refractivity contribution is 6.02. The summed E-state index contributed by atoms with van der Waals surface area (Å²) in [5.74, 6) is -0.687. The Labute approximate surface area is 135 Å². The van der Waals surface area contributed by atoms with Crippen LogP contribution in [0.4, 0.5) is 13.2 Å². The quantitative estimate of drug-likeness (QED) is 0.635. The standard InChI is InChI=1S/C16H14F3N3O2/c1-21(2)9-7-13(23)15-14(24)8-10-22(20-15)12-6-4-3-5-11(12)16(17,18)19/h3-10H,1-2H3/b9-7+. The van der Waals surface area contributed by atoms with Gasteiger partial charge in [-0.3, -0.25) is 9.59 Å². The summed E-state index contributed by atoms with van der Waals surface area (Å²) >= 11 is 0. The number of alkyl halides is 3. The third-order valence-corrected chi connectivity index (χ3v) is 3.02. The predicted octanol–water partition coefficient (Wildman–Crippen LogP) is 2.51. The molecule has 0 aliphatic rings. The van der Waals surface area contributed by atoms with Gasteiger partial charge in [-0.15, -0.1) is 0 Å². The van der Waals surface area contributed by atoms with Crippen molar-refractivity contribution in [2.24, 2.45) is 0 Å². The van der Waals surface area contributed by atoms with Crippen LogP contribution in [-0.4, -0.2) is 34.6 Å². The maximum Gasteiger partial charge on any atom is 0.418 e. The summed E-state index contributed by atoms with van der Waals surface area (Å²) in [6.07, 6.45) is -0.941. The smallest absolute Gasteiger partial charge is 0.383 e. The van der Waals surface area contributed by atoms with Crippen LogP contribution in [0.5, 0.6) is 0 Å². The first-order valence-corrected chi connectivity index (χ1v) is 6.85. The fourth-order valence-electron chi connectivity index (χ4n) is 1.92. The van der Waals surface area contributed by atoms with Crippen molar-refractivity contribution in [1.29, 1.82) is 0 Å². The minimum absolute atomic E-state index is 0.268. The first-order chi connectivity index (χ1) is 11.2. The highest BCUT2D eigenvalue weighted by Crippen LogP contribution is 2.33. The lowest BCUT2D eigenvalue weighted by Gasteiger charge is -2.14. The minimum Gasteiger partial charge on any atom is -0.383 e. The molecule has 2 aromatic rings. The molecule has 1 heterocycles. The van der Waals surface area contributed by atoms with Crippen LogP contribution in [0.25, 0.3) is 5.69 Å². The van der Waals surface area contributed by atoms with Crippen molar-refractivity contribution in [3.8, 4) is 5.69 Å². The van der Waals surface area contributed by atoms with Crippen LogP contribution in [0.2, 0.25) is 0 Å². The molecule has 2 rings (SSSR count). The Hall–Kier alpha value is -2.90. The van der Waals surface area contributed by atoms with Crippen LogP contribution in [-0.2, 0) is 6.18 Å². The molecule has 0 radical (unpaired) electrons. The number of benzene rings is 1. The number of para-hydroxylation sites is 1. The van der Waals surface area contributed by atoms with E-state index in [1.54, 1.807) is 19.0 Å². The number of aromatic nitrogens is 2. The van der Waals surface area contributed by atoms with Crippen LogP contribution in [0.3, 0.4) is 0 Å². The predicted molar refractivity (Wildman–Crippen MR) is 82.0 cm³/mol. The topological polar surface area (TPSA) is 55.2 Å². The van der Waals surface area contributed by atoms with E-state index < -0.39 is 28.6 Å². The summed E-state index contributed by atoms with van der Waals surface area (Å²) in [5, 5.41) is 3.78. The summed E-state index contributed by atoms with van der Waals surface area (Å²) in [5.41, 5.74) is -2.30. The highest BCUT2D eigenvalue weighted by atomic mass is 19.4. The zero-order valence-electron chi connectivity index (χ0n) is 12.9. The van der Waals surface area contributed by atoms with Gasteiger partial charge in [0.05, 0.1) is 11.3 Å². The van der Waals surface area contributed by atoms with E-state index in [4.69, 9.17) is 0 Å². The number of hydrogen-bond acceptors (Lipinski definition) is 4. The zero-order chi connectivity index (χ0) is 17.9. The van der Waals surface area contributed by atoms with E-state index in [0.29, 0.717) is 0 Å². The summed E-state index contributed by atoms with van der Waals surface area (Å²) in [6.45, 7) is 0. The van der Waals surface area contributed by atoms with Crippen LogP contribution in [0.15, 0.2) is 53.6 Å². The number of nitrogens with zero attached hydrogens (tertiary/aromatic N) is 3. The van der Waals surface area contributed by atoms with Gasteiger partial charge in [-0.25, -0.2) is 4.68 Å². The molecule has 0 bridgehead atoms. The SMILES string of the molecule is CN(C)/C=C/C(=O)c1nn(-c2ccccc2C(F)(F)F)ccc1=O. The fourth-order valence-corrected chi connectivity index (χ4v) is 1.92. The van der Waals surface area contributed by atoms with Gasteiger partial charge in [0.1, 0.15) is 0 Å². The summed E-state index contributed by atoms with van der Waals surface area (Å²) in [7, 11) is 3.36. The fraction of sp³-hybridized carbons (Fsp3) is 0.188. The summed E-state index contributed by atoms with van der Waals surface area (Å²) in [4.78, 5) is 25.4. The Kier molecular flexibility index (Phi) is 4.87. The van der Waals surface area contributed by atoms with Crippen molar-refractivity contribution in [2.45, 2.75) is 6.18 Å². The van der Waals surface area contributed by atoms with E-state index in [-0.39, 0.29) is 5.69 Å². The van der Waals surface area contributed by atoms with Gasteiger partial charge in [-0.1, -0.05) is 12.1 Å². The first kappa shape index (κ1) is 17.5. The maximum absolute atomic E-state index is 13.1. The number of allylic oxidation sites excluding steroid dienone is 1. The summed E-state index contributed by atoms with van der Waals surface area (Å²) < 4.78 is 40.2. The molecule has 0 fully saturated rings. The van der Waals surface area contributed by atoms with Crippen molar-refractivity contribution in [3.05, 3.63) is 70.3 Å². The van der Waals surface area contributed by atoms with E-state index in [0.717, 1.165) is 29.1 Å². The normalized spacial score (nSPS) is 11.7. The first-order valence-electron chi connectivity index (χ1n) is 6.85. The highest BCUT2D eigenvalue weighted by Gasteiger charge is 2.33. The molecular formula is C16H14F3N3O2. The number of carbonyl (C=O) groups excluding carboxylic acids is 1. The monoisotopic (exact) mass is 337 g/mol. The van der Waals surface area contributed by atoms with Gasteiger partial charge in [0.2, 0.25) is 11.2 Å². The molecule has 0 saturated heterocycles. The summed E-state index contributed by atoms with van der Waals surface area (Å²) in [6, 6.07) is 5.79. The molecule has 0 aliphatic carbocycles. The molecule has 8 heteroatoms. The Morgan fingerprint density at radius 1 is 1.21 bits per heavy atom. The average Bonchev–Trinajstić information content (AvgIpc) is 2.52. The van der Waals surface area contributed by atoms with Gasteiger partial charge in [0.15, 0.2) is 5.69 Å². The third-order valence-electron chi connectivity index (χ3n) is 3.02. The second-order valence-corrected chi connectivity index (χ2v) is 5.13. The van der Waals surface area contributed by atoms with Crippen LogP contribution >= 0.6 is 0 Å². The second kappa shape index (κ2) is 6.69. The minimum atomic E-state index is -4.59. The lowest BCUT2D eigenvalue weighted by molar-refractivity contribution is -0.137. The molecule has 5 nitrogen and oxygen atoms in total. The van der Waals surface area contributed by atoms with Gasteiger partial charge in [-0.05, 0) is 12.1 Å². The van der Waals surface area contributed by atoms with Gasteiger partial charge in [0, 0.05) is 38.6 Å². The Morgan fingerprint density at radius 3 is 2.50 bits per heavy atom. The largest absolute Gasteiger partial charge is 0.418 e. The average molecular weight is 337 g/mol. The van der Waals surface area contributed by atoms with Crippen LogP contribution in [0, 0.1) is 0 Å². The van der Waals surface area contributed by atoms with Gasteiger partial charge in [0.25, 0.3) is 0 Å². The Balaban J connectivity index is 2.54. The molecule has 0 aliphatic heterocycles. The Morgan fingerprint density at radius 2 is 1.88 bits per heavy atom. The zero-order valence-corrected chi connectivity index (χ0v) is 12.9. The number of carbonyl (C=O) groups is 1. The molecule has 126 valence electrons. The third kappa shape index (κ3) is 3.89. The number of ketones is 1. The molecule has 1 aromatic carbocycles. The van der Waals surface area contributed by atoms with Crippen molar-refractivity contribution < 1.29 is 18.0 Å². The van der Waals surface area contributed by atoms with E-state index >= 15 is 0 Å². The van der Waals surface area contributed by atoms with E-state index in [1.807, 2.05) is 0 Å². The lowest BCUT2D eigenvalue weighted by Crippen LogP contribution is -2.21. The molecule has 1 aromatic heterocycles. The number of halogens is 3. The molecule has 24 heavy (non-hydrogen) atoms. The van der Waals surface area contributed by atoms with Crippen LogP contribution in [0.1, 0.15) is 16.1 Å². The van der Waals surface area contributed by atoms with Gasteiger partial charge < -0.3 is 4.90 Å². The second-order valence-electron chi connectivity index (χ2n) is 5.13. The Bertz CT molecular complexity index is 839. The van der Waals surface area contributed by atoms with Crippen molar-refractivity contribution >= 4 is 5.78 Å². The van der Waals surface area contributed by atoms with Crippen molar-refractivity contribution in [2.75, 3.05) is 14.1 Å². The molecule has 0 atom stereocenters. The molecule has 0 amide bonds. The molecule has 0 saturated carbocycles. The van der Waals surface area contributed by atoms with Gasteiger partial charge in [-0.2, -0.15) is 18.3 Å². The molecule has 0 spiro atoms.